The highest BCUT2D eigenvalue weighted by Crippen LogP contribution is 2.37. The maximum atomic E-state index is 13.1. The van der Waals surface area contributed by atoms with Crippen LogP contribution in [0.1, 0.15) is 20.7 Å². The lowest BCUT2D eigenvalue weighted by Crippen LogP contribution is -2.14. The molecule has 0 saturated heterocycles. The van der Waals surface area contributed by atoms with Crippen molar-refractivity contribution in [2.75, 3.05) is 12.4 Å². The molecule has 168 valence electrons. The number of methoxy groups -OCH3 is 1. The SMILES string of the molecule is COC(=O)c1c(-c2ccc(Cl)cc2)csc1NC(=O)c1ccn2cc(-c3ccccc3)nc2c1. The standard InChI is InChI=1S/C26H18ClN3O3S/c1-33-26(32)23-20(16-7-9-19(27)10-8-16)15-34-25(23)29-24(31)18-11-12-30-14-21(28-22(30)13-18)17-5-3-2-4-6-17/h2-15H,1H3,(H,29,31). The Morgan fingerprint density at radius 1 is 1.03 bits per heavy atom. The van der Waals surface area contributed by atoms with Crippen molar-refractivity contribution in [1.29, 1.82) is 0 Å². The summed E-state index contributed by atoms with van der Waals surface area (Å²) in [6.45, 7) is 0. The topological polar surface area (TPSA) is 72.7 Å². The van der Waals surface area contributed by atoms with Crippen LogP contribution >= 0.6 is 22.9 Å². The van der Waals surface area contributed by atoms with Gasteiger partial charge in [0.2, 0.25) is 0 Å². The minimum Gasteiger partial charge on any atom is -0.465 e. The molecule has 0 bridgehead atoms. The Hall–Kier alpha value is -3.94. The van der Waals surface area contributed by atoms with Crippen LogP contribution < -0.4 is 5.32 Å². The molecule has 34 heavy (non-hydrogen) atoms. The number of halogens is 1. The van der Waals surface area contributed by atoms with Gasteiger partial charge in [-0.25, -0.2) is 9.78 Å². The number of imidazole rings is 1. The first-order valence-electron chi connectivity index (χ1n) is 10.3. The van der Waals surface area contributed by atoms with Gasteiger partial charge in [0.1, 0.15) is 16.2 Å². The third kappa shape index (κ3) is 4.19. The molecule has 0 aliphatic heterocycles. The number of nitrogens with one attached hydrogen (secondary N) is 1. The molecule has 0 spiro atoms. The minimum absolute atomic E-state index is 0.302. The monoisotopic (exact) mass is 487 g/mol. The molecule has 8 heteroatoms. The number of pyridine rings is 1. The molecule has 5 aromatic rings. The van der Waals surface area contributed by atoms with Crippen LogP contribution in [0.5, 0.6) is 0 Å². The number of nitrogens with zero attached hydrogens (tertiary/aromatic N) is 2. The summed E-state index contributed by atoms with van der Waals surface area (Å²) in [5.41, 5.74) is 4.65. The van der Waals surface area contributed by atoms with E-state index in [1.165, 1.54) is 18.4 Å². The number of rotatable bonds is 5. The smallest absolute Gasteiger partial charge is 0.341 e. The largest absolute Gasteiger partial charge is 0.465 e. The van der Waals surface area contributed by atoms with Crippen LogP contribution in [-0.2, 0) is 4.74 Å². The molecule has 0 fully saturated rings. The second-order valence-electron chi connectivity index (χ2n) is 7.48. The first-order chi connectivity index (χ1) is 16.5. The van der Waals surface area contributed by atoms with E-state index in [9.17, 15) is 9.59 Å². The zero-order valence-corrected chi connectivity index (χ0v) is 19.6. The number of carbonyl (C=O) groups excluding carboxylic acids is 2. The van der Waals surface area contributed by atoms with Gasteiger partial charge in [-0.2, -0.15) is 0 Å². The molecule has 3 aromatic heterocycles. The van der Waals surface area contributed by atoms with Crippen molar-refractivity contribution in [3.8, 4) is 22.4 Å². The molecule has 0 saturated carbocycles. The molecular formula is C26H18ClN3O3S. The van der Waals surface area contributed by atoms with Gasteiger partial charge >= 0.3 is 5.97 Å². The van der Waals surface area contributed by atoms with Gasteiger partial charge in [-0.05, 0) is 29.8 Å². The highest BCUT2D eigenvalue weighted by Gasteiger charge is 2.23. The Labute approximate surface area is 204 Å². The number of amides is 1. The predicted octanol–water partition coefficient (Wildman–Crippen LogP) is 6.42. The zero-order valence-electron chi connectivity index (χ0n) is 18.0. The van der Waals surface area contributed by atoms with Crippen molar-refractivity contribution in [3.05, 3.63) is 101 Å². The van der Waals surface area contributed by atoms with Gasteiger partial charge in [-0.1, -0.05) is 54.1 Å². The Morgan fingerprint density at radius 2 is 1.79 bits per heavy atom. The molecule has 1 N–H and O–H groups in total. The molecular weight excluding hydrogens is 470 g/mol. The zero-order chi connectivity index (χ0) is 23.7. The molecule has 3 heterocycles. The molecule has 5 rings (SSSR count). The lowest BCUT2D eigenvalue weighted by molar-refractivity contribution is 0.0603. The molecule has 0 atom stereocenters. The summed E-state index contributed by atoms with van der Waals surface area (Å²) in [5, 5.41) is 5.68. The number of thiophene rings is 1. The second kappa shape index (κ2) is 9.13. The van der Waals surface area contributed by atoms with Gasteiger partial charge in [0, 0.05) is 39.5 Å². The first kappa shape index (κ1) is 21.9. The maximum Gasteiger partial charge on any atom is 0.341 e. The first-order valence-corrected chi connectivity index (χ1v) is 11.6. The van der Waals surface area contributed by atoms with E-state index in [0.717, 1.165) is 16.8 Å². The Bertz CT molecular complexity index is 1510. The molecule has 0 radical (unpaired) electrons. The van der Waals surface area contributed by atoms with Crippen LogP contribution in [0.15, 0.2) is 84.5 Å². The number of hydrogen-bond donors (Lipinski definition) is 1. The summed E-state index contributed by atoms with van der Waals surface area (Å²) < 4.78 is 6.85. The number of fused-ring (bicyclic) bond motifs is 1. The van der Waals surface area contributed by atoms with E-state index in [1.54, 1.807) is 30.5 Å². The van der Waals surface area contributed by atoms with Gasteiger partial charge in [0.25, 0.3) is 5.91 Å². The van der Waals surface area contributed by atoms with Gasteiger partial charge in [-0.3, -0.25) is 4.79 Å². The number of anilines is 1. The van der Waals surface area contributed by atoms with E-state index >= 15 is 0 Å². The third-order valence-corrected chi connectivity index (χ3v) is 6.50. The maximum absolute atomic E-state index is 13.1. The number of esters is 1. The number of hydrogen-bond acceptors (Lipinski definition) is 5. The lowest BCUT2D eigenvalue weighted by Gasteiger charge is -2.08. The molecule has 6 nitrogen and oxygen atoms in total. The highest BCUT2D eigenvalue weighted by molar-refractivity contribution is 7.15. The van der Waals surface area contributed by atoms with Crippen molar-refractivity contribution in [2.24, 2.45) is 0 Å². The Morgan fingerprint density at radius 3 is 2.53 bits per heavy atom. The highest BCUT2D eigenvalue weighted by atomic mass is 35.5. The van der Waals surface area contributed by atoms with E-state index < -0.39 is 5.97 Å². The fourth-order valence-electron chi connectivity index (χ4n) is 3.64. The second-order valence-corrected chi connectivity index (χ2v) is 8.80. The molecule has 0 aliphatic carbocycles. The Balaban J connectivity index is 1.46. The van der Waals surface area contributed by atoms with Gasteiger partial charge in [-0.15, -0.1) is 11.3 Å². The van der Waals surface area contributed by atoms with Crippen molar-refractivity contribution < 1.29 is 14.3 Å². The van der Waals surface area contributed by atoms with E-state index in [4.69, 9.17) is 16.3 Å². The summed E-state index contributed by atoms with van der Waals surface area (Å²) in [6, 6.07) is 20.4. The average molecular weight is 488 g/mol. The van der Waals surface area contributed by atoms with Gasteiger partial charge < -0.3 is 14.5 Å². The van der Waals surface area contributed by atoms with Crippen LogP contribution in [0, 0.1) is 0 Å². The fraction of sp³-hybridized carbons (Fsp3) is 0.0385. The molecule has 0 aliphatic rings. The van der Waals surface area contributed by atoms with Crippen molar-refractivity contribution in [2.45, 2.75) is 0 Å². The van der Waals surface area contributed by atoms with Crippen LogP contribution in [0.2, 0.25) is 5.02 Å². The number of ether oxygens (including phenoxy) is 1. The van der Waals surface area contributed by atoms with Crippen LogP contribution in [0.4, 0.5) is 5.00 Å². The summed E-state index contributed by atoms with van der Waals surface area (Å²) >= 11 is 7.26. The normalized spacial score (nSPS) is 10.9. The van der Waals surface area contributed by atoms with Gasteiger partial charge in [0.15, 0.2) is 0 Å². The summed E-state index contributed by atoms with van der Waals surface area (Å²) in [4.78, 5) is 30.3. The summed E-state index contributed by atoms with van der Waals surface area (Å²) in [6.07, 6.45) is 3.71. The number of benzene rings is 2. The van der Waals surface area contributed by atoms with E-state index in [0.29, 0.717) is 32.4 Å². The quantitative estimate of drug-likeness (QED) is 0.290. The molecule has 0 unspecified atom stereocenters. The van der Waals surface area contributed by atoms with Crippen molar-refractivity contribution >= 4 is 45.5 Å². The van der Waals surface area contributed by atoms with Crippen molar-refractivity contribution in [3.63, 3.8) is 0 Å². The van der Waals surface area contributed by atoms with Crippen LogP contribution in [0.3, 0.4) is 0 Å². The number of carbonyl (C=O) groups is 2. The van der Waals surface area contributed by atoms with E-state index in [2.05, 4.69) is 10.3 Å². The van der Waals surface area contributed by atoms with E-state index in [-0.39, 0.29) is 5.91 Å². The lowest BCUT2D eigenvalue weighted by atomic mass is 10.0. The van der Waals surface area contributed by atoms with E-state index in [1.807, 2.05) is 58.4 Å². The fourth-order valence-corrected chi connectivity index (χ4v) is 4.72. The van der Waals surface area contributed by atoms with Crippen molar-refractivity contribution in [1.82, 2.24) is 9.38 Å². The number of aromatic nitrogens is 2. The average Bonchev–Trinajstić information content (AvgIpc) is 3.48. The van der Waals surface area contributed by atoms with Crippen LogP contribution in [-0.4, -0.2) is 28.4 Å². The third-order valence-electron chi connectivity index (χ3n) is 5.35. The predicted molar refractivity (Wildman–Crippen MR) is 135 cm³/mol. The summed E-state index contributed by atoms with van der Waals surface area (Å²) in [7, 11) is 1.31. The summed E-state index contributed by atoms with van der Waals surface area (Å²) in [5.74, 6) is -0.876. The van der Waals surface area contributed by atoms with Crippen LogP contribution in [0.25, 0.3) is 28.0 Å². The Kier molecular flexibility index (Phi) is 5.88. The van der Waals surface area contributed by atoms with Gasteiger partial charge in [0.05, 0.1) is 12.8 Å². The minimum atomic E-state index is -0.530. The molecule has 2 aromatic carbocycles. The molecule has 1 amide bonds.